The number of nitrogens with zero attached hydrogens (tertiary/aromatic N) is 2. The molecule has 2 rings (SSSR count). The van der Waals surface area contributed by atoms with Crippen molar-refractivity contribution in [1.29, 1.82) is 0 Å². The van der Waals surface area contributed by atoms with Gasteiger partial charge in [-0.2, -0.15) is 0 Å². The van der Waals surface area contributed by atoms with Crippen LogP contribution in [0.2, 0.25) is 10.2 Å². The van der Waals surface area contributed by atoms with Crippen molar-refractivity contribution >= 4 is 40.7 Å². The fourth-order valence-corrected chi connectivity index (χ4v) is 1.97. The van der Waals surface area contributed by atoms with Gasteiger partial charge in [0.05, 0.1) is 10.6 Å². The highest BCUT2D eigenvalue weighted by Gasteiger charge is 2.11. The van der Waals surface area contributed by atoms with E-state index in [-0.39, 0.29) is 22.0 Å². The van der Waals surface area contributed by atoms with E-state index < -0.39 is 0 Å². The number of hydrogen-bond donors (Lipinski definition) is 1. The predicted octanol–water partition coefficient (Wildman–Crippen LogP) is 3.34. The molecular formula is C15H13Cl2N3O2. The van der Waals surface area contributed by atoms with Crippen molar-refractivity contribution in [2.24, 2.45) is 0 Å². The molecule has 2 aromatic rings. The average Bonchev–Trinajstić information content (AvgIpc) is 2.50. The van der Waals surface area contributed by atoms with Gasteiger partial charge in [0.2, 0.25) is 0 Å². The number of anilines is 1. The van der Waals surface area contributed by atoms with Crippen molar-refractivity contribution in [3.05, 3.63) is 57.8 Å². The van der Waals surface area contributed by atoms with Crippen LogP contribution in [-0.4, -0.2) is 35.8 Å². The van der Waals surface area contributed by atoms with Crippen LogP contribution in [0.5, 0.6) is 0 Å². The van der Waals surface area contributed by atoms with E-state index in [4.69, 9.17) is 23.2 Å². The molecule has 0 bridgehead atoms. The molecule has 0 spiro atoms. The first-order valence-corrected chi connectivity index (χ1v) is 7.08. The van der Waals surface area contributed by atoms with E-state index in [0.717, 1.165) is 0 Å². The summed E-state index contributed by atoms with van der Waals surface area (Å²) in [5.74, 6) is -0.468. The van der Waals surface area contributed by atoms with Crippen LogP contribution < -0.4 is 5.32 Å². The van der Waals surface area contributed by atoms with E-state index in [1.54, 1.807) is 38.4 Å². The van der Waals surface area contributed by atoms with Gasteiger partial charge in [0.25, 0.3) is 11.8 Å². The SMILES string of the molecule is CN(C)C(=O)c1ccc(NC(=O)c2cnc(Cl)c(Cl)c2)cc1. The largest absolute Gasteiger partial charge is 0.345 e. The molecule has 0 saturated heterocycles. The second-order valence-corrected chi connectivity index (χ2v) is 5.49. The zero-order valence-electron chi connectivity index (χ0n) is 11.9. The number of halogens is 2. The molecule has 0 atom stereocenters. The lowest BCUT2D eigenvalue weighted by atomic mass is 10.2. The van der Waals surface area contributed by atoms with Crippen molar-refractivity contribution in [2.75, 3.05) is 19.4 Å². The van der Waals surface area contributed by atoms with E-state index in [1.807, 2.05) is 0 Å². The fourth-order valence-electron chi connectivity index (χ4n) is 1.70. The number of carbonyl (C=O) groups excluding carboxylic acids is 2. The smallest absolute Gasteiger partial charge is 0.257 e. The number of pyridine rings is 1. The summed E-state index contributed by atoms with van der Waals surface area (Å²) in [6.45, 7) is 0. The van der Waals surface area contributed by atoms with Gasteiger partial charge in [-0.3, -0.25) is 9.59 Å². The van der Waals surface area contributed by atoms with Crippen LogP contribution in [-0.2, 0) is 0 Å². The monoisotopic (exact) mass is 337 g/mol. The van der Waals surface area contributed by atoms with Gasteiger partial charge in [0, 0.05) is 31.5 Å². The number of carbonyl (C=O) groups is 2. The summed E-state index contributed by atoms with van der Waals surface area (Å²) in [6.07, 6.45) is 1.34. The van der Waals surface area contributed by atoms with Gasteiger partial charge < -0.3 is 10.2 Å². The van der Waals surface area contributed by atoms with E-state index in [0.29, 0.717) is 16.8 Å². The maximum absolute atomic E-state index is 12.1. The minimum Gasteiger partial charge on any atom is -0.345 e. The van der Waals surface area contributed by atoms with Crippen LogP contribution in [0.25, 0.3) is 0 Å². The molecule has 5 nitrogen and oxygen atoms in total. The Bertz CT molecular complexity index is 715. The van der Waals surface area contributed by atoms with Crippen LogP contribution >= 0.6 is 23.2 Å². The molecule has 0 fully saturated rings. The third kappa shape index (κ3) is 3.75. The minimum atomic E-state index is -0.363. The summed E-state index contributed by atoms with van der Waals surface area (Å²) in [4.78, 5) is 29.2. The second kappa shape index (κ2) is 6.77. The summed E-state index contributed by atoms with van der Waals surface area (Å²) >= 11 is 11.5. The van der Waals surface area contributed by atoms with Crippen molar-refractivity contribution in [3.63, 3.8) is 0 Å². The summed E-state index contributed by atoms with van der Waals surface area (Å²) in [7, 11) is 3.35. The molecule has 7 heteroatoms. The first-order valence-electron chi connectivity index (χ1n) is 6.32. The Labute approximate surface area is 137 Å². The summed E-state index contributed by atoms with van der Waals surface area (Å²) in [6, 6.07) is 8.03. The Hall–Kier alpha value is -2.11. The lowest BCUT2D eigenvalue weighted by Crippen LogP contribution is -2.21. The van der Waals surface area contributed by atoms with Crippen LogP contribution in [0.3, 0.4) is 0 Å². The van der Waals surface area contributed by atoms with Crippen molar-refractivity contribution in [3.8, 4) is 0 Å². The Morgan fingerprint density at radius 3 is 2.27 bits per heavy atom. The molecule has 1 N–H and O–H groups in total. The quantitative estimate of drug-likeness (QED) is 0.873. The molecule has 1 aromatic carbocycles. The number of nitrogens with one attached hydrogen (secondary N) is 1. The Kier molecular flexibility index (Phi) is 5.00. The summed E-state index contributed by atoms with van der Waals surface area (Å²) < 4.78 is 0. The zero-order valence-corrected chi connectivity index (χ0v) is 13.4. The average molecular weight is 338 g/mol. The standard InChI is InChI=1S/C15H13Cl2N3O2/c1-20(2)15(22)9-3-5-11(6-4-9)19-14(21)10-7-12(16)13(17)18-8-10/h3-8H,1-2H3,(H,19,21). The van der Waals surface area contributed by atoms with Crippen LogP contribution in [0.15, 0.2) is 36.5 Å². The second-order valence-electron chi connectivity index (χ2n) is 4.73. The van der Waals surface area contributed by atoms with Gasteiger partial charge in [-0.15, -0.1) is 0 Å². The lowest BCUT2D eigenvalue weighted by Gasteiger charge is -2.11. The molecule has 0 unspecified atom stereocenters. The maximum Gasteiger partial charge on any atom is 0.257 e. The Balaban J connectivity index is 2.11. The van der Waals surface area contributed by atoms with Crippen LogP contribution in [0.1, 0.15) is 20.7 Å². The number of hydrogen-bond acceptors (Lipinski definition) is 3. The van der Waals surface area contributed by atoms with Gasteiger partial charge in [0.1, 0.15) is 5.15 Å². The first-order chi connectivity index (χ1) is 10.4. The molecule has 22 heavy (non-hydrogen) atoms. The molecule has 1 heterocycles. The maximum atomic E-state index is 12.1. The number of rotatable bonds is 3. The molecule has 2 amide bonds. The number of aromatic nitrogens is 1. The number of benzene rings is 1. The fraction of sp³-hybridized carbons (Fsp3) is 0.133. The molecule has 0 aliphatic heterocycles. The molecule has 114 valence electrons. The molecular weight excluding hydrogens is 325 g/mol. The molecule has 0 saturated carbocycles. The summed E-state index contributed by atoms with van der Waals surface area (Å²) in [5, 5.41) is 3.05. The van der Waals surface area contributed by atoms with Gasteiger partial charge >= 0.3 is 0 Å². The van der Waals surface area contributed by atoms with E-state index in [9.17, 15) is 9.59 Å². The zero-order chi connectivity index (χ0) is 16.3. The molecule has 0 radical (unpaired) electrons. The van der Waals surface area contributed by atoms with E-state index in [2.05, 4.69) is 10.3 Å². The predicted molar refractivity (Wildman–Crippen MR) is 86.7 cm³/mol. The van der Waals surface area contributed by atoms with Crippen LogP contribution in [0, 0.1) is 0 Å². The summed E-state index contributed by atoms with van der Waals surface area (Å²) in [5.41, 5.74) is 1.40. The van der Waals surface area contributed by atoms with Gasteiger partial charge in [-0.25, -0.2) is 4.98 Å². The highest BCUT2D eigenvalue weighted by molar-refractivity contribution is 6.41. The third-order valence-corrected chi connectivity index (χ3v) is 3.54. The van der Waals surface area contributed by atoms with Crippen molar-refractivity contribution in [2.45, 2.75) is 0 Å². The molecule has 0 aliphatic carbocycles. The Morgan fingerprint density at radius 2 is 1.73 bits per heavy atom. The normalized spacial score (nSPS) is 10.2. The molecule has 1 aromatic heterocycles. The van der Waals surface area contributed by atoms with Crippen molar-refractivity contribution < 1.29 is 9.59 Å². The van der Waals surface area contributed by atoms with Gasteiger partial charge in [-0.1, -0.05) is 23.2 Å². The highest BCUT2D eigenvalue weighted by Crippen LogP contribution is 2.20. The lowest BCUT2D eigenvalue weighted by molar-refractivity contribution is 0.0827. The topological polar surface area (TPSA) is 62.3 Å². The highest BCUT2D eigenvalue weighted by atomic mass is 35.5. The van der Waals surface area contributed by atoms with Crippen molar-refractivity contribution in [1.82, 2.24) is 9.88 Å². The molecule has 0 aliphatic rings. The minimum absolute atomic E-state index is 0.105. The van der Waals surface area contributed by atoms with E-state index in [1.165, 1.54) is 17.2 Å². The van der Waals surface area contributed by atoms with Gasteiger partial charge in [-0.05, 0) is 30.3 Å². The number of amides is 2. The third-order valence-electron chi connectivity index (χ3n) is 2.85. The van der Waals surface area contributed by atoms with Crippen LogP contribution in [0.4, 0.5) is 5.69 Å². The Morgan fingerprint density at radius 1 is 1.09 bits per heavy atom. The van der Waals surface area contributed by atoms with E-state index >= 15 is 0 Å². The van der Waals surface area contributed by atoms with Gasteiger partial charge in [0.15, 0.2) is 0 Å². The first kappa shape index (κ1) is 16.3.